The third-order valence-corrected chi connectivity index (χ3v) is 6.09. The van der Waals surface area contributed by atoms with E-state index in [0.717, 1.165) is 15.7 Å². The predicted octanol–water partition coefficient (Wildman–Crippen LogP) is 6.02. The smallest absolute Gasteiger partial charge is 0.328 e. The lowest BCUT2D eigenvalue weighted by Crippen LogP contribution is -2.33. The second-order valence-electron chi connectivity index (χ2n) is 9.86. The van der Waals surface area contributed by atoms with Gasteiger partial charge in [-0.05, 0) is 75.2 Å². The van der Waals surface area contributed by atoms with E-state index in [9.17, 15) is 14.4 Å². The number of benzene rings is 3. The Morgan fingerprint density at radius 1 is 0.974 bits per heavy atom. The highest BCUT2D eigenvalue weighted by Crippen LogP contribution is 2.31. The minimum absolute atomic E-state index is 0.199. The van der Waals surface area contributed by atoms with Crippen molar-refractivity contribution in [2.24, 2.45) is 5.73 Å². The molecule has 0 heterocycles. The monoisotopic (exact) mass is 595 g/mol. The minimum atomic E-state index is -0.910. The molecule has 8 nitrogen and oxygen atoms in total. The molecule has 0 fully saturated rings. The molecule has 3 rings (SSSR count). The third kappa shape index (κ3) is 8.94. The van der Waals surface area contributed by atoms with E-state index in [0.29, 0.717) is 16.9 Å². The third-order valence-electron chi connectivity index (χ3n) is 5.56. The number of nitrogens with zero attached hydrogens (tertiary/aromatic N) is 1. The number of esters is 2. The summed E-state index contributed by atoms with van der Waals surface area (Å²) in [6.07, 6.45) is -0.379. The molecule has 0 aromatic heterocycles. The molecule has 1 atom stereocenters. The van der Waals surface area contributed by atoms with Gasteiger partial charge < -0.3 is 25.4 Å². The fourth-order valence-electron chi connectivity index (χ4n) is 3.76. The number of ether oxygens (including phenoxy) is 2. The first-order valence-electron chi connectivity index (χ1n) is 12.6. The summed E-state index contributed by atoms with van der Waals surface area (Å²) in [6.45, 7) is 7.53. The first-order chi connectivity index (χ1) is 18.5. The Balaban J connectivity index is 1.86. The number of anilines is 3. The maximum Gasteiger partial charge on any atom is 0.328 e. The lowest BCUT2D eigenvalue weighted by atomic mass is 10.1. The second kappa shape index (κ2) is 13.4. The van der Waals surface area contributed by atoms with Gasteiger partial charge in [-0.1, -0.05) is 52.3 Å². The average molecular weight is 597 g/mol. The molecule has 0 saturated heterocycles. The van der Waals surface area contributed by atoms with Crippen LogP contribution in [0, 0.1) is 0 Å². The van der Waals surface area contributed by atoms with Gasteiger partial charge in [-0.2, -0.15) is 0 Å². The molecule has 3 aromatic rings. The Labute approximate surface area is 237 Å². The van der Waals surface area contributed by atoms with Crippen LogP contribution in [0.15, 0.2) is 77.3 Å². The molecule has 0 saturated carbocycles. The van der Waals surface area contributed by atoms with E-state index < -0.39 is 23.6 Å². The molecule has 206 valence electrons. The van der Waals surface area contributed by atoms with Crippen LogP contribution in [0.2, 0.25) is 0 Å². The summed E-state index contributed by atoms with van der Waals surface area (Å²) in [6, 6.07) is 21.2. The lowest BCUT2D eigenvalue weighted by Gasteiger charge is -2.26. The number of nitrogens with one attached hydrogen (secondary N) is 1. The SMILES string of the molecule is CCOC(=O)CC(=O)N(Cc1ccc(Br)cc1)c1ccccc1Nc1ccc(C(N)C(=O)OC(C)(C)C)cc1. The molecule has 0 aliphatic heterocycles. The highest BCUT2D eigenvalue weighted by molar-refractivity contribution is 9.10. The van der Waals surface area contributed by atoms with E-state index in [2.05, 4.69) is 21.2 Å². The van der Waals surface area contributed by atoms with Gasteiger partial charge in [0.05, 0.1) is 24.5 Å². The zero-order valence-electron chi connectivity index (χ0n) is 22.6. The summed E-state index contributed by atoms with van der Waals surface area (Å²) in [5, 5.41) is 3.34. The minimum Gasteiger partial charge on any atom is -0.466 e. The van der Waals surface area contributed by atoms with Crippen LogP contribution in [0.4, 0.5) is 17.1 Å². The molecule has 0 bridgehead atoms. The molecule has 0 aliphatic rings. The summed E-state index contributed by atoms with van der Waals surface area (Å²) in [5.74, 6) is -1.47. The zero-order chi connectivity index (χ0) is 28.6. The van der Waals surface area contributed by atoms with Gasteiger partial charge in [0.1, 0.15) is 18.1 Å². The molecule has 3 N–H and O–H groups in total. The number of hydrogen-bond acceptors (Lipinski definition) is 7. The lowest BCUT2D eigenvalue weighted by molar-refractivity contribution is -0.156. The van der Waals surface area contributed by atoms with Crippen LogP contribution in [-0.2, 0) is 30.4 Å². The Kier molecular flexibility index (Phi) is 10.3. The molecule has 0 aliphatic carbocycles. The van der Waals surface area contributed by atoms with Crippen molar-refractivity contribution in [1.29, 1.82) is 0 Å². The number of nitrogens with two attached hydrogens (primary N) is 1. The number of carbonyl (C=O) groups excluding carboxylic acids is 3. The van der Waals surface area contributed by atoms with Gasteiger partial charge in [-0.3, -0.25) is 9.59 Å². The Bertz CT molecular complexity index is 1290. The molecule has 9 heteroatoms. The van der Waals surface area contributed by atoms with E-state index in [4.69, 9.17) is 15.2 Å². The quantitative estimate of drug-likeness (QED) is 0.218. The van der Waals surface area contributed by atoms with Gasteiger partial charge in [-0.25, -0.2) is 4.79 Å². The Morgan fingerprint density at radius 2 is 1.62 bits per heavy atom. The first-order valence-corrected chi connectivity index (χ1v) is 13.4. The van der Waals surface area contributed by atoms with Gasteiger partial charge in [0.15, 0.2) is 0 Å². The molecule has 39 heavy (non-hydrogen) atoms. The van der Waals surface area contributed by atoms with E-state index in [1.807, 2.05) is 48.5 Å². The van der Waals surface area contributed by atoms with E-state index in [-0.39, 0.29) is 25.5 Å². The number of rotatable bonds is 10. The Hall–Kier alpha value is -3.69. The number of hydrogen-bond donors (Lipinski definition) is 2. The van der Waals surface area contributed by atoms with Crippen LogP contribution in [0.1, 0.15) is 51.3 Å². The van der Waals surface area contributed by atoms with Gasteiger partial charge in [0.25, 0.3) is 0 Å². The fraction of sp³-hybridized carbons (Fsp3) is 0.300. The second-order valence-corrected chi connectivity index (χ2v) is 10.8. The van der Waals surface area contributed by atoms with Gasteiger partial charge in [-0.15, -0.1) is 0 Å². The standard InChI is InChI=1S/C30H34BrN3O5/c1-5-38-27(36)18-26(35)34(19-20-10-14-22(31)15-11-20)25-9-7-6-8-24(25)33-23-16-12-21(13-17-23)28(32)29(37)39-30(2,3)4/h6-17,28,33H,5,18-19,32H2,1-4H3. The first kappa shape index (κ1) is 29.9. The van der Waals surface area contributed by atoms with Crippen LogP contribution in [-0.4, -0.2) is 30.1 Å². The van der Waals surface area contributed by atoms with Crippen molar-refractivity contribution >= 4 is 50.8 Å². The van der Waals surface area contributed by atoms with Crippen molar-refractivity contribution < 1.29 is 23.9 Å². The van der Waals surface area contributed by atoms with Crippen molar-refractivity contribution in [3.8, 4) is 0 Å². The molecular formula is C30H34BrN3O5. The Morgan fingerprint density at radius 3 is 2.23 bits per heavy atom. The topological polar surface area (TPSA) is 111 Å². The van der Waals surface area contributed by atoms with E-state index in [1.165, 1.54) is 0 Å². The van der Waals surface area contributed by atoms with Gasteiger partial charge in [0, 0.05) is 10.2 Å². The van der Waals surface area contributed by atoms with Crippen LogP contribution >= 0.6 is 15.9 Å². The molecule has 0 radical (unpaired) electrons. The van der Waals surface area contributed by atoms with Crippen molar-refractivity contribution in [2.75, 3.05) is 16.8 Å². The number of amides is 1. The highest BCUT2D eigenvalue weighted by atomic mass is 79.9. The number of carbonyl (C=O) groups is 3. The molecule has 3 aromatic carbocycles. The van der Waals surface area contributed by atoms with E-state index >= 15 is 0 Å². The summed E-state index contributed by atoms with van der Waals surface area (Å²) in [7, 11) is 0. The van der Waals surface area contributed by atoms with Crippen molar-refractivity contribution in [3.63, 3.8) is 0 Å². The van der Waals surface area contributed by atoms with Crippen molar-refractivity contribution in [1.82, 2.24) is 0 Å². The van der Waals surface area contributed by atoms with Crippen molar-refractivity contribution in [2.45, 2.75) is 52.3 Å². The van der Waals surface area contributed by atoms with Crippen LogP contribution in [0.5, 0.6) is 0 Å². The largest absolute Gasteiger partial charge is 0.466 e. The van der Waals surface area contributed by atoms with Crippen molar-refractivity contribution in [3.05, 3.63) is 88.4 Å². The maximum absolute atomic E-state index is 13.3. The van der Waals surface area contributed by atoms with Gasteiger partial charge >= 0.3 is 11.9 Å². The van der Waals surface area contributed by atoms with Gasteiger partial charge in [0.2, 0.25) is 5.91 Å². The summed E-state index contributed by atoms with van der Waals surface area (Å²) in [4.78, 5) is 39.4. The number of para-hydroxylation sites is 2. The zero-order valence-corrected chi connectivity index (χ0v) is 24.2. The molecular weight excluding hydrogens is 562 g/mol. The summed E-state index contributed by atoms with van der Waals surface area (Å²) >= 11 is 3.43. The maximum atomic E-state index is 13.3. The summed E-state index contributed by atoms with van der Waals surface area (Å²) in [5.41, 5.74) is 8.98. The van der Waals surface area contributed by atoms with E-state index in [1.54, 1.807) is 56.9 Å². The summed E-state index contributed by atoms with van der Waals surface area (Å²) < 4.78 is 11.3. The predicted molar refractivity (Wildman–Crippen MR) is 156 cm³/mol. The molecule has 1 unspecified atom stereocenters. The van der Waals surface area contributed by atoms with Crippen LogP contribution in [0.3, 0.4) is 0 Å². The molecule has 1 amide bonds. The van der Waals surface area contributed by atoms with Crippen LogP contribution < -0.4 is 16.0 Å². The van der Waals surface area contributed by atoms with Crippen LogP contribution in [0.25, 0.3) is 0 Å². The number of halogens is 1. The fourth-order valence-corrected chi connectivity index (χ4v) is 4.02. The average Bonchev–Trinajstić information content (AvgIpc) is 2.88. The highest BCUT2D eigenvalue weighted by Gasteiger charge is 2.24. The molecule has 0 spiro atoms. The normalized spacial score (nSPS) is 11.8.